The van der Waals surface area contributed by atoms with Gasteiger partial charge in [-0.15, -0.1) is 0 Å². The van der Waals surface area contributed by atoms with Gasteiger partial charge in [0.15, 0.2) is 0 Å². The number of hydrogen-bond acceptors (Lipinski definition) is 4. The van der Waals surface area contributed by atoms with E-state index in [1.807, 2.05) is 6.07 Å². The van der Waals surface area contributed by atoms with Crippen LogP contribution >= 0.6 is 15.9 Å². The van der Waals surface area contributed by atoms with Crippen molar-refractivity contribution in [1.29, 1.82) is 0 Å². The molecule has 2 aliphatic rings. The Labute approximate surface area is 165 Å². The summed E-state index contributed by atoms with van der Waals surface area (Å²) >= 11 is 3.36. The minimum absolute atomic E-state index is 0.0468. The molecular weight excluding hydrogens is 416 g/mol. The van der Waals surface area contributed by atoms with Gasteiger partial charge in [-0.1, -0.05) is 12.1 Å². The molecule has 1 aromatic carbocycles. The van der Waals surface area contributed by atoms with Crippen LogP contribution in [-0.4, -0.2) is 63.1 Å². The average molecular weight is 445 g/mol. The second-order valence-electron chi connectivity index (χ2n) is 7.30. The third-order valence-electron chi connectivity index (χ3n) is 5.61. The van der Waals surface area contributed by atoms with Crippen molar-refractivity contribution in [2.45, 2.75) is 55.6 Å². The molecule has 2 fully saturated rings. The largest absolute Gasteiger partial charge is 0.377 e. The Hall–Kier alpha value is -0.470. The zero-order valence-electron chi connectivity index (χ0n) is 15.4. The summed E-state index contributed by atoms with van der Waals surface area (Å²) in [5, 5.41) is 0. The zero-order valence-corrected chi connectivity index (χ0v) is 17.8. The van der Waals surface area contributed by atoms with Gasteiger partial charge in [0, 0.05) is 24.1 Å². The van der Waals surface area contributed by atoms with Crippen molar-refractivity contribution in [3.63, 3.8) is 0 Å². The first-order valence-corrected chi connectivity index (χ1v) is 11.8. The molecule has 5 nitrogen and oxygen atoms in total. The van der Waals surface area contributed by atoms with E-state index in [0.717, 1.165) is 38.8 Å². The molecular formula is C19H29BrN2O3S. The summed E-state index contributed by atoms with van der Waals surface area (Å²) in [7, 11) is -1.77. The fourth-order valence-corrected chi connectivity index (χ4v) is 6.31. The van der Waals surface area contributed by atoms with Crippen LogP contribution in [0.5, 0.6) is 0 Å². The van der Waals surface area contributed by atoms with Crippen LogP contribution in [0.25, 0.3) is 0 Å². The molecule has 0 atom stereocenters. The molecule has 1 heterocycles. The third kappa shape index (κ3) is 4.87. The minimum Gasteiger partial charge on any atom is -0.377 e. The number of sulfonamides is 1. The molecule has 0 spiro atoms. The Bertz CT molecular complexity index is 684. The molecule has 0 N–H and O–H groups in total. The predicted molar refractivity (Wildman–Crippen MR) is 107 cm³/mol. The highest BCUT2D eigenvalue weighted by Gasteiger charge is 2.32. The first kappa shape index (κ1) is 20.3. The number of hydrogen-bond donors (Lipinski definition) is 0. The number of rotatable bonds is 7. The van der Waals surface area contributed by atoms with Gasteiger partial charge < -0.3 is 9.64 Å². The lowest BCUT2D eigenvalue weighted by molar-refractivity contribution is 0.00923. The predicted octanol–water partition coefficient (Wildman–Crippen LogP) is 3.49. The van der Waals surface area contributed by atoms with E-state index in [0.29, 0.717) is 9.37 Å². The van der Waals surface area contributed by atoms with Crippen LogP contribution in [0.15, 0.2) is 33.6 Å². The van der Waals surface area contributed by atoms with E-state index in [1.165, 1.54) is 25.9 Å². The van der Waals surface area contributed by atoms with Gasteiger partial charge in [0.2, 0.25) is 10.0 Å². The van der Waals surface area contributed by atoms with Crippen molar-refractivity contribution < 1.29 is 13.2 Å². The van der Waals surface area contributed by atoms with Gasteiger partial charge in [-0.25, -0.2) is 8.42 Å². The van der Waals surface area contributed by atoms with Crippen molar-refractivity contribution in [3.05, 3.63) is 28.7 Å². The quantitative estimate of drug-likeness (QED) is 0.645. The maximum absolute atomic E-state index is 12.9. The lowest BCUT2D eigenvalue weighted by atomic mass is 9.93. The second-order valence-corrected chi connectivity index (χ2v) is 10.1. The molecule has 146 valence electrons. The van der Waals surface area contributed by atoms with Gasteiger partial charge in [-0.3, -0.25) is 0 Å². The molecule has 1 aromatic rings. The Kier molecular flexibility index (Phi) is 7.13. The van der Waals surface area contributed by atoms with E-state index >= 15 is 0 Å². The van der Waals surface area contributed by atoms with Crippen LogP contribution in [0.3, 0.4) is 0 Å². The Balaban J connectivity index is 1.48. The van der Waals surface area contributed by atoms with Crippen molar-refractivity contribution in [2.75, 3.05) is 33.3 Å². The summed E-state index contributed by atoms with van der Waals surface area (Å²) < 4.78 is 34.0. The highest BCUT2D eigenvalue weighted by Crippen LogP contribution is 2.30. The maximum atomic E-state index is 12.9. The van der Waals surface area contributed by atoms with Gasteiger partial charge in [-0.05, 0) is 79.7 Å². The summed E-state index contributed by atoms with van der Waals surface area (Å²) in [6.07, 6.45) is 6.46. The fourth-order valence-electron chi connectivity index (χ4n) is 3.94. The fraction of sp³-hybridized carbons (Fsp3) is 0.684. The first-order valence-electron chi connectivity index (χ1n) is 9.55. The molecule has 7 heteroatoms. The molecule has 26 heavy (non-hydrogen) atoms. The van der Waals surface area contributed by atoms with Gasteiger partial charge in [-0.2, -0.15) is 4.31 Å². The summed E-state index contributed by atoms with van der Waals surface area (Å²) in [4.78, 5) is 2.80. The van der Waals surface area contributed by atoms with Crippen LogP contribution in [0.1, 0.15) is 38.5 Å². The third-order valence-corrected chi connectivity index (χ3v) is 8.53. The number of ether oxygens (including phenoxy) is 1. The summed E-state index contributed by atoms with van der Waals surface area (Å²) in [5.74, 6) is 0. The van der Waals surface area contributed by atoms with Crippen LogP contribution in [0, 0.1) is 0 Å². The van der Waals surface area contributed by atoms with E-state index in [2.05, 4.69) is 20.8 Å². The van der Waals surface area contributed by atoms with Crippen molar-refractivity contribution in [3.8, 4) is 0 Å². The Morgan fingerprint density at radius 3 is 2.46 bits per heavy atom. The molecule has 3 rings (SSSR count). The molecule has 0 bridgehead atoms. The SMILES string of the molecule is CN(C1CCC(OCCN2CCCC2)CC1)S(=O)(=O)c1ccccc1Br. The first-order chi connectivity index (χ1) is 12.5. The highest BCUT2D eigenvalue weighted by molar-refractivity contribution is 9.10. The van der Waals surface area contributed by atoms with E-state index in [4.69, 9.17) is 4.74 Å². The van der Waals surface area contributed by atoms with Gasteiger partial charge in [0.25, 0.3) is 0 Å². The lowest BCUT2D eigenvalue weighted by Gasteiger charge is -2.34. The van der Waals surface area contributed by atoms with E-state index in [9.17, 15) is 8.42 Å². The molecule has 0 amide bonds. The van der Waals surface area contributed by atoms with Crippen molar-refractivity contribution in [2.24, 2.45) is 0 Å². The van der Waals surface area contributed by atoms with Crippen LogP contribution in [0.2, 0.25) is 0 Å². The highest BCUT2D eigenvalue weighted by atomic mass is 79.9. The van der Waals surface area contributed by atoms with Gasteiger partial charge >= 0.3 is 0 Å². The van der Waals surface area contributed by atoms with Crippen molar-refractivity contribution in [1.82, 2.24) is 9.21 Å². The molecule has 0 aromatic heterocycles. The van der Waals surface area contributed by atoms with Crippen molar-refractivity contribution >= 4 is 26.0 Å². The summed E-state index contributed by atoms with van der Waals surface area (Å²) in [6.45, 7) is 4.22. The molecule has 1 aliphatic carbocycles. The van der Waals surface area contributed by atoms with Gasteiger partial charge in [0.05, 0.1) is 17.6 Å². The molecule has 0 radical (unpaired) electrons. The minimum atomic E-state index is -3.48. The summed E-state index contributed by atoms with van der Waals surface area (Å²) in [6, 6.07) is 7.06. The van der Waals surface area contributed by atoms with Crippen LogP contribution in [0.4, 0.5) is 0 Å². The molecule has 1 saturated carbocycles. The Morgan fingerprint density at radius 1 is 1.15 bits per heavy atom. The molecule has 1 saturated heterocycles. The van der Waals surface area contributed by atoms with E-state index in [1.54, 1.807) is 29.6 Å². The number of likely N-dealkylation sites (tertiary alicyclic amines) is 1. The van der Waals surface area contributed by atoms with Crippen LogP contribution in [-0.2, 0) is 14.8 Å². The smallest absolute Gasteiger partial charge is 0.244 e. The molecule has 1 aliphatic heterocycles. The maximum Gasteiger partial charge on any atom is 0.244 e. The van der Waals surface area contributed by atoms with E-state index in [-0.39, 0.29) is 12.1 Å². The average Bonchev–Trinajstić information content (AvgIpc) is 3.15. The zero-order chi connectivity index (χ0) is 18.6. The number of benzene rings is 1. The second kappa shape index (κ2) is 9.15. The number of nitrogens with zero attached hydrogens (tertiary/aromatic N) is 2. The topological polar surface area (TPSA) is 49.9 Å². The normalized spacial score (nSPS) is 25.0. The van der Waals surface area contributed by atoms with Crippen LogP contribution < -0.4 is 0 Å². The standard InChI is InChI=1S/C19H29BrN2O3S/c1-21(26(23,24)19-7-3-2-6-18(19)20)16-8-10-17(11-9-16)25-15-14-22-12-4-5-13-22/h2-3,6-7,16-17H,4-5,8-15H2,1H3. The monoisotopic (exact) mass is 444 g/mol. The van der Waals surface area contributed by atoms with Gasteiger partial charge in [0.1, 0.15) is 0 Å². The summed E-state index contributed by atoms with van der Waals surface area (Å²) in [5.41, 5.74) is 0. The van der Waals surface area contributed by atoms with E-state index < -0.39 is 10.0 Å². The number of halogens is 1. The Morgan fingerprint density at radius 2 is 1.81 bits per heavy atom. The lowest BCUT2D eigenvalue weighted by Crippen LogP contribution is -2.41. The molecule has 0 unspecified atom stereocenters.